The summed E-state index contributed by atoms with van der Waals surface area (Å²) < 4.78 is 40.3. The highest BCUT2D eigenvalue weighted by Crippen LogP contribution is 2.37. The lowest BCUT2D eigenvalue weighted by Gasteiger charge is -2.11. The number of alkyl halides is 3. The minimum absolute atomic E-state index is 0.0926. The zero-order valence-corrected chi connectivity index (χ0v) is 13.3. The second-order valence-corrected chi connectivity index (χ2v) is 5.55. The lowest BCUT2D eigenvalue weighted by molar-refractivity contribution is -0.137. The molecule has 0 bridgehead atoms. The van der Waals surface area contributed by atoms with E-state index >= 15 is 0 Å². The van der Waals surface area contributed by atoms with E-state index in [4.69, 9.17) is 23.2 Å². The zero-order chi connectivity index (χ0) is 16.8. The van der Waals surface area contributed by atoms with E-state index in [1.165, 1.54) is 11.6 Å². The second-order valence-electron chi connectivity index (χ2n) is 4.73. The van der Waals surface area contributed by atoms with Gasteiger partial charge in [0.2, 0.25) is 5.95 Å². The fourth-order valence-electron chi connectivity index (χ4n) is 1.89. The van der Waals surface area contributed by atoms with E-state index in [9.17, 15) is 18.0 Å². The van der Waals surface area contributed by atoms with Gasteiger partial charge in [-0.3, -0.25) is 4.57 Å². The highest BCUT2D eigenvalue weighted by atomic mass is 35.5. The summed E-state index contributed by atoms with van der Waals surface area (Å²) >= 11 is 11.8. The van der Waals surface area contributed by atoms with Crippen molar-refractivity contribution in [2.75, 3.05) is 19.0 Å². The molecule has 0 saturated heterocycles. The first-order chi connectivity index (χ1) is 10.0. The molecule has 10 heteroatoms. The van der Waals surface area contributed by atoms with E-state index in [0.717, 1.165) is 4.68 Å². The first kappa shape index (κ1) is 16.7. The van der Waals surface area contributed by atoms with Gasteiger partial charge in [-0.2, -0.15) is 17.9 Å². The molecule has 120 valence electrons. The van der Waals surface area contributed by atoms with Crippen molar-refractivity contribution in [3.05, 3.63) is 38.2 Å². The molecule has 2 aromatic rings. The maximum Gasteiger partial charge on any atom is 0.416 e. The van der Waals surface area contributed by atoms with Gasteiger partial charge in [0.25, 0.3) is 0 Å². The Hall–Kier alpha value is -1.67. The van der Waals surface area contributed by atoms with Gasteiger partial charge in [0.1, 0.15) is 5.69 Å². The molecule has 0 N–H and O–H groups in total. The van der Waals surface area contributed by atoms with Gasteiger partial charge < -0.3 is 4.90 Å². The van der Waals surface area contributed by atoms with E-state index < -0.39 is 17.4 Å². The van der Waals surface area contributed by atoms with Crippen LogP contribution in [0.1, 0.15) is 5.56 Å². The largest absolute Gasteiger partial charge is 0.416 e. The molecule has 0 unspecified atom stereocenters. The van der Waals surface area contributed by atoms with Crippen LogP contribution in [0.25, 0.3) is 5.69 Å². The van der Waals surface area contributed by atoms with Crippen molar-refractivity contribution < 1.29 is 13.2 Å². The molecular formula is C12H11Cl2F3N4O. The van der Waals surface area contributed by atoms with Gasteiger partial charge in [0.15, 0.2) is 0 Å². The third-order valence-electron chi connectivity index (χ3n) is 2.91. The predicted octanol–water partition coefficient (Wildman–Crippen LogP) is 2.96. The first-order valence-electron chi connectivity index (χ1n) is 5.94. The van der Waals surface area contributed by atoms with E-state index in [1.54, 1.807) is 19.0 Å². The van der Waals surface area contributed by atoms with Gasteiger partial charge >= 0.3 is 11.9 Å². The summed E-state index contributed by atoms with van der Waals surface area (Å²) in [6, 6.07) is 1.42. The average Bonchev–Trinajstić information content (AvgIpc) is 2.65. The quantitative estimate of drug-likeness (QED) is 0.832. The number of benzene rings is 1. The van der Waals surface area contributed by atoms with Gasteiger partial charge in [-0.15, -0.1) is 5.10 Å². The Balaban J connectivity index is 2.70. The van der Waals surface area contributed by atoms with Crippen molar-refractivity contribution in [3.63, 3.8) is 0 Å². The first-order valence-corrected chi connectivity index (χ1v) is 6.69. The zero-order valence-electron chi connectivity index (χ0n) is 11.7. The molecular weight excluding hydrogens is 344 g/mol. The molecule has 1 aromatic carbocycles. The molecule has 1 aromatic heterocycles. The number of aromatic nitrogens is 3. The van der Waals surface area contributed by atoms with Crippen LogP contribution in [0.3, 0.4) is 0 Å². The Morgan fingerprint density at radius 3 is 2.05 bits per heavy atom. The highest BCUT2D eigenvalue weighted by molar-refractivity contribution is 6.37. The topological polar surface area (TPSA) is 43.1 Å². The van der Waals surface area contributed by atoms with Crippen molar-refractivity contribution in [1.29, 1.82) is 0 Å². The Bertz CT molecular complexity index is 757. The van der Waals surface area contributed by atoms with Crippen LogP contribution in [0.5, 0.6) is 0 Å². The van der Waals surface area contributed by atoms with Crippen LogP contribution in [0.4, 0.5) is 19.1 Å². The molecule has 2 rings (SSSR count). The van der Waals surface area contributed by atoms with Gasteiger partial charge in [0.05, 0.1) is 15.6 Å². The smallest absolute Gasteiger partial charge is 0.347 e. The number of hydrogen-bond donors (Lipinski definition) is 0. The van der Waals surface area contributed by atoms with Crippen LogP contribution < -0.4 is 10.6 Å². The van der Waals surface area contributed by atoms with Crippen molar-refractivity contribution in [2.45, 2.75) is 6.18 Å². The van der Waals surface area contributed by atoms with Crippen LogP contribution in [-0.2, 0) is 13.2 Å². The van der Waals surface area contributed by atoms with Gasteiger partial charge in [-0.25, -0.2) is 4.79 Å². The van der Waals surface area contributed by atoms with E-state index in [1.807, 2.05) is 0 Å². The average molecular weight is 355 g/mol. The molecule has 0 saturated carbocycles. The molecule has 1 heterocycles. The van der Waals surface area contributed by atoms with Crippen LogP contribution in [0, 0.1) is 0 Å². The highest BCUT2D eigenvalue weighted by Gasteiger charge is 2.32. The molecule has 0 atom stereocenters. The van der Waals surface area contributed by atoms with Crippen LogP contribution in [0.15, 0.2) is 16.9 Å². The van der Waals surface area contributed by atoms with Crippen LogP contribution in [0.2, 0.25) is 10.0 Å². The van der Waals surface area contributed by atoms with Crippen molar-refractivity contribution in [3.8, 4) is 5.69 Å². The molecule has 0 amide bonds. The molecule has 0 aliphatic heterocycles. The minimum Gasteiger partial charge on any atom is -0.347 e. The molecule has 0 aliphatic rings. The molecule has 0 fully saturated rings. The summed E-state index contributed by atoms with van der Waals surface area (Å²) in [5.74, 6) is 0.303. The summed E-state index contributed by atoms with van der Waals surface area (Å²) in [7, 11) is 4.82. The Labute approximate surface area is 133 Å². The maximum absolute atomic E-state index is 12.7. The lowest BCUT2D eigenvalue weighted by atomic mass is 10.2. The Kier molecular flexibility index (Phi) is 4.18. The summed E-state index contributed by atoms with van der Waals surface area (Å²) in [6.45, 7) is 0. The molecule has 5 nitrogen and oxygen atoms in total. The van der Waals surface area contributed by atoms with Crippen LogP contribution >= 0.6 is 23.2 Å². The molecule has 0 radical (unpaired) electrons. The van der Waals surface area contributed by atoms with Crippen molar-refractivity contribution >= 4 is 29.2 Å². The van der Waals surface area contributed by atoms with Gasteiger partial charge in [-0.05, 0) is 12.1 Å². The Morgan fingerprint density at radius 1 is 1.18 bits per heavy atom. The maximum atomic E-state index is 12.7. The fraction of sp³-hybridized carbons (Fsp3) is 0.333. The second kappa shape index (κ2) is 5.51. The number of hydrogen-bond acceptors (Lipinski definition) is 3. The fourth-order valence-corrected chi connectivity index (χ4v) is 2.54. The summed E-state index contributed by atoms with van der Waals surface area (Å²) in [6.07, 6.45) is -4.59. The van der Waals surface area contributed by atoms with Gasteiger partial charge in [-0.1, -0.05) is 23.2 Å². The minimum atomic E-state index is -4.59. The van der Waals surface area contributed by atoms with Crippen molar-refractivity contribution in [2.24, 2.45) is 7.05 Å². The van der Waals surface area contributed by atoms with Crippen molar-refractivity contribution in [1.82, 2.24) is 14.3 Å². The number of halogens is 5. The summed E-state index contributed by atoms with van der Waals surface area (Å²) in [5, 5.41) is 3.41. The SMILES string of the molecule is CN(C)c1nn(-c2c(Cl)cc(C(F)(F)F)cc2Cl)c(=O)n1C. The van der Waals surface area contributed by atoms with Gasteiger partial charge in [0, 0.05) is 21.1 Å². The molecule has 0 aliphatic carbocycles. The third kappa shape index (κ3) is 2.80. The Morgan fingerprint density at radius 2 is 1.68 bits per heavy atom. The number of rotatable bonds is 2. The van der Waals surface area contributed by atoms with Crippen LogP contribution in [-0.4, -0.2) is 28.4 Å². The van der Waals surface area contributed by atoms with E-state index in [2.05, 4.69) is 5.10 Å². The van der Waals surface area contributed by atoms with E-state index in [-0.39, 0.29) is 15.7 Å². The van der Waals surface area contributed by atoms with E-state index in [0.29, 0.717) is 18.1 Å². The lowest BCUT2D eigenvalue weighted by Crippen LogP contribution is -2.23. The summed E-state index contributed by atoms with van der Waals surface area (Å²) in [4.78, 5) is 13.8. The number of anilines is 1. The monoisotopic (exact) mass is 354 g/mol. The molecule has 22 heavy (non-hydrogen) atoms. The standard InChI is InChI=1S/C12H11Cl2F3N4O/c1-19(2)10-18-21(11(22)20(10)3)9-7(13)4-6(5-8(9)14)12(15,16)17/h4-5H,1-3H3. The molecule has 0 spiro atoms. The third-order valence-corrected chi connectivity index (χ3v) is 3.49. The summed E-state index contributed by atoms with van der Waals surface area (Å²) in [5.41, 5.74) is -1.67. The number of nitrogens with zero attached hydrogens (tertiary/aromatic N) is 4. The predicted molar refractivity (Wildman–Crippen MR) is 78.2 cm³/mol. The normalized spacial score (nSPS) is 11.8.